The van der Waals surface area contributed by atoms with Crippen LogP contribution in [0.5, 0.6) is 0 Å². The van der Waals surface area contributed by atoms with E-state index < -0.39 is 17.5 Å². The first kappa shape index (κ1) is 20.5. The van der Waals surface area contributed by atoms with E-state index in [1.165, 1.54) is 6.07 Å². The molecule has 1 saturated carbocycles. The lowest BCUT2D eigenvalue weighted by molar-refractivity contribution is 0.193. The quantitative estimate of drug-likeness (QED) is 0.442. The molecule has 0 radical (unpaired) electrons. The van der Waals surface area contributed by atoms with Crippen LogP contribution in [0.4, 0.5) is 13.2 Å². The molecule has 4 heteroatoms. The van der Waals surface area contributed by atoms with Crippen molar-refractivity contribution in [2.45, 2.75) is 57.3 Å². The van der Waals surface area contributed by atoms with Gasteiger partial charge in [-0.2, -0.15) is 0 Å². The van der Waals surface area contributed by atoms with E-state index in [1.807, 2.05) is 6.07 Å². The lowest BCUT2D eigenvalue weighted by Crippen LogP contribution is -2.35. The van der Waals surface area contributed by atoms with Crippen molar-refractivity contribution in [2.75, 3.05) is 0 Å². The summed E-state index contributed by atoms with van der Waals surface area (Å²) in [4.78, 5) is 0. The van der Waals surface area contributed by atoms with Crippen LogP contribution in [0.25, 0.3) is 0 Å². The van der Waals surface area contributed by atoms with E-state index in [2.05, 4.69) is 19.1 Å². The third kappa shape index (κ3) is 3.99. The normalized spacial score (nSPS) is 26.4. The smallest absolute Gasteiger partial charge is 0.142 e. The number of allylic oxidation sites excluding steroid dienone is 2. The van der Waals surface area contributed by atoms with Gasteiger partial charge in [0.25, 0.3) is 0 Å². The molecule has 0 spiro atoms. The van der Waals surface area contributed by atoms with E-state index in [9.17, 15) is 13.2 Å². The molecular weight excluding hydrogens is 393 g/mol. The van der Waals surface area contributed by atoms with E-state index >= 15 is 0 Å². The summed E-state index contributed by atoms with van der Waals surface area (Å²) in [6, 6.07) is 7.60. The molecule has 0 heterocycles. The van der Waals surface area contributed by atoms with Gasteiger partial charge in [0.2, 0.25) is 0 Å². The van der Waals surface area contributed by atoms with Crippen molar-refractivity contribution in [1.29, 1.82) is 0 Å². The molecule has 4 atom stereocenters. The molecule has 2 aliphatic carbocycles. The van der Waals surface area contributed by atoms with Crippen LogP contribution in [0.3, 0.4) is 0 Å². The summed E-state index contributed by atoms with van der Waals surface area (Å²) in [5, 5.41) is 0.123. The maximum absolute atomic E-state index is 14.4. The standard InChI is InChI=1S/C25H26ClF3/c1-2-3-4-5-15-6-8-18-20(25(15)16-7-11-22(26)24(29)12-16)10-9-19-21(18)13-17(27)14-23(19)28/h4-5,7,11-15,18,20,25H,2-3,6,8-10H2,1H3/b5-4+/t15-,18-,20+,25-/m1/s1. The molecule has 1 fully saturated rings. The third-order valence-electron chi connectivity index (χ3n) is 6.74. The first-order chi connectivity index (χ1) is 14.0. The Bertz CT molecular complexity index is 921. The summed E-state index contributed by atoms with van der Waals surface area (Å²) in [5.74, 6) is -0.608. The summed E-state index contributed by atoms with van der Waals surface area (Å²) in [7, 11) is 0. The summed E-state index contributed by atoms with van der Waals surface area (Å²) >= 11 is 5.93. The fourth-order valence-electron chi connectivity index (χ4n) is 5.50. The molecular formula is C25H26ClF3. The molecule has 0 amide bonds. The predicted molar refractivity (Wildman–Crippen MR) is 112 cm³/mol. The second kappa shape index (κ2) is 8.55. The zero-order valence-corrected chi connectivity index (χ0v) is 17.4. The minimum atomic E-state index is -0.513. The maximum atomic E-state index is 14.4. The molecule has 0 bridgehead atoms. The predicted octanol–water partition coefficient (Wildman–Crippen LogP) is 7.95. The highest BCUT2D eigenvalue weighted by Crippen LogP contribution is 2.54. The lowest BCUT2D eigenvalue weighted by atomic mass is 9.58. The largest absolute Gasteiger partial charge is 0.207 e. The lowest BCUT2D eigenvalue weighted by Gasteiger charge is -2.46. The number of benzene rings is 2. The number of hydrogen-bond acceptors (Lipinski definition) is 0. The van der Waals surface area contributed by atoms with Crippen LogP contribution in [-0.2, 0) is 6.42 Å². The van der Waals surface area contributed by atoms with Crippen LogP contribution in [0, 0.1) is 29.3 Å². The maximum Gasteiger partial charge on any atom is 0.142 e. The molecule has 0 unspecified atom stereocenters. The molecule has 2 aromatic carbocycles. The molecule has 4 rings (SSSR count). The van der Waals surface area contributed by atoms with Gasteiger partial charge in [0, 0.05) is 6.07 Å². The molecule has 2 aliphatic rings. The Labute approximate surface area is 175 Å². The highest BCUT2D eigenvalue weighted by molar-refractivity contribution is 6.30. The monoisotopic (exact) mass is 418 g/mol. The Morgan fingerprint density at radius 1 is 1.03 bits per heavy atom. The van der Waals surface area contributed by atoms with Crippen molar-refractivity contribution in [1.82, 2.24) is 0 Å². The number of hydrogen-bond donors (Lipinski definition) is 0. The van der Waals surface area contributed by atoms with Crippen LogP contribution in [0.2, 0.25) is 5.02 Å². The van der Waals surface area contributed by atoms with E-state index in [1.54, 1.807) is 12.1 Å². The summed E-state index contributed by atoms with van der Waals surface area (Å²) in [5.41, 5.74) is 2.41. The Kier molecular flexibility index (Phi) is 6.06. The van der Waals surface area contributed by atoms with Crippen LogP contribution in [0.15, 0.2) is 42.5 Å². The van der Waals surface area contributed by atoms with E-state index in [4.69, 9.17) is 11.6 Å². The Morgan fingerprint density at radius 2 is 1.86 bits per heavy atom. The summed E-state index contributed by atoms with van der Waals surface area (Å²) in [6.07, 6.45) is 9.85. The van der Waals surface area contributed by atoms with Crippen LogP contribution in [0.1, 0.15) is 67.6 Å². The number of fused-ring (bicyclic) bond motifs is 3. The van der Waals surface area contributed by atoms with Gasteiger partial charge in [0.1, 0.15) is 17.5 Å². The molecule has 154 valence electrons. The second-order valence-electron chi connectivity index (χ2n) is 8.42. The average Bonchev–Trinajstić information content (AvgIpc) is 2.69. The topological polar surface area (TPSA) is 0 Å². The van der Waals surface area contributed by atoms with E-state index in [0.29, 0.717) is 17.9 Å². The molecule has 0 aromatic heterocycles. The Hall–Kier alpha value is -1.74. The molecule has 2 aromatic rings. The minimum Gasteiger partial charge on any atom is -0.207 e. The van der Waals surface area contributed by atoms with Crippen molar-refractivity contribution >= 4 is 11.6 Å². The molecule has 29 heavy (non-hydrogen) atoms. The Morgan fingerprint density at radius 3 is 2.62 bits per heavy atom. The van der Waals surface area contributed by atoms with Crippen molar-refractivity contribution < 1.29 is 13.2 Å². The summed E-state index contributed by atoms with van der Waals surface area (Å²) < 4.78 is 42.7. The number of rotatable bonds is 4. The van der Waals surface area contributed by atoms with Crippen molar-refractivity contribution in [3.8, 4) is 0 Å². The minimum absolute atomic E-state index is 0.100. The first-order valence-corrected chi connectivity index (χ1v) is 11.0. The van der Waals surface area contributed by atoms with Crippen molar-refractivity contribution in [2.24, 2.45) is 11.8 Å². The zero-order valence-electron chi connectivity index (χ0n) is 16.6. The van der Waals surface area contributed by atoms with Gasteiger partial charge < -0.3 is 0 Å². The summed E-state index contributed by atoms with van der Waals surface area (Å²) in [6.45, 7) is 2.15. The number of unbranched alkanes of at least 4 members (excludes halogenated alkanes) is 1. The number of halogens is 4. The fourth-order valence-corrected chi connectivity index (χ4v) is 5.61. The third-order valence-corrected chi connectivity index (χ3v) is 7.05. The van der Waals surface area contributed by atoms with Crippen molar-refractivity contribution in [3.63, 3.8) is 0 Å². The van der Waals surface area contributed by atoms with Gasteiger partial charge in [-0.3, -0.25) is 0 Å². The van der Waals surface area contributed by atoms with Crippen LogP contribution >= 0.6 is 11.6 Å². The Balaban J connectivity index is 1.75. The van der Waals surface area contributed by atoms with Crippen molar-refractivity contribution in [3.05, 3.63) is 81.6 Å². The van der Waals surface area contributed by atoms with E-state index in [-0.39, 0.29) is 22.8 Å². The van der Waals surface area contributed by atoms with Gasteiger partial charge in [0.05, 0.1) is 5.02 Å². The average molecular weight is 419 g/mol. The molecule has 0 aliphatic heterocycles. The van der Waals surface area contributed by atoms with Gasteiger partial charge in [-0.05, 0) is 90.7 Å². The van der Waals surface area contributed by atoms with Gasteiger partial charge in [0.15, 0.2) is 0 Å². The second-order valence-corrected chi connectivity index (χ2v) is 8.83. The fraction of sp³-hybridized carbons (Fsp3) is 0.440. The van der Waals surface area contributed by atoms with E-state index in [0.717, 1.165) is 49.3 Å². The SMILES string of the molecule is CCC/C=C/[C@@H]1CC[C@H]2c3cc(F)cc(F)c3CC[C@@H]2[C@H]1c1ccc(Cl)c(F)c1. The van der Waals surface area contributed by atoms with Gasteiger partial charge >= 0.3 is 0 Å². The zero-order chi connectivity index (χ0) is 20.5. The highest BCUT2D eigenvalue weighted by atomic mass is 35.5. The highest BCUT2D eigenvalue weighted by Gasteiger charge is 2.43. The van der Waals surface area contributed by atoms with Crippen LogP contribution < -0.4 is 0 Å². The van der Waals surface area contributed by atoms with Gasteiger partial charge in [-0.15, -0.1) is 0 Å². The van der Waals surface area contributed by atoms with Crippen LogP contribution in [-0.4, -0.2) is 0 Å². The van der Waals surface area contributed by atoms with Gasteiger partial charge in [-0.1, -0.05) is 43.2 Å². The van der Waals surface area contributed by atoms with Gasteiger partial charge in [-0.25, -0.2) is 13.2 Å². The first-order valence-electron chi connectivity index (χ1n) is 10.6. The molecule has 0 saturated heterocycles. The molecule has 0 nitrogen and oxygen atoms in total. The molecule has 0 N–H and O–H groups in total.